The summed E-state index contributed by atoms with van der Waals surface area (Å²) in [5.41, 5.74) is 3.78. The van der Waals surface area contributed by atoms with E-state index in [-0.39, 0.29) is 11.9 Å². The summed E-state index contributed by atoms with van der Waals surface area (Å²) in [6.45, 7) is 7.51. The van der Waals surface area contributed by atoms with Gasteiger partial charge in [0.2, 0.25) is 5.82 Å². The Morgan fingerprint density at radius 2 is 2.04 bits per heavy atom. The van der Waals surface area contributed by atoms with E-state index in [4.69, 9.17) is 20.9 Å². The topological polar surface area (TPSA) is 65.2 Å². The number of aryl methyl sites for hydroxylation is 1. The molecular formula is C22H23ClN2O3. The molecule has 0 N–H and O–H groups in total. The number of carbonyl (C=O) groups excluding carboxylic acids is 1. The molecule has 0 amide bonds. The second-order valence-electron chi connectivity index (χ2n) is 7.03. The zero-order valence-electron chi connectivity index (χ0n) is 16.5. The first kappa shape index (κ1) is 20.1. The van der Waals surface area contributed by atoms with Crippen molar-refractivity contribution in [3.05, 3.63) is 52.5 Å². The maximum absolute atomic E-state index is 11.3. The molecule has 0 radical (unpaired) electrons. The predicted octanol–water partition coefficient (Wildman–Crippen LogP) is 5.67. The number of ether oxygens (including phenoxy) is 1. The van der Waals surface area contributed by atoms with Crippen molar-refractivity contribution in [3.8, 4) is 28.6 Å². The van der Waals surface area contributed by atoms with Crippen molar-refractivity contribution in [1.29, 1.82) is 0 Å². The van der Waals surface area contributed by atoms with Crippen LogP contribution >= 0.6 is 11.6 Å². The molecule has 0 aliphatic rings. The van der Waals surface area contributed by atoms with Gasteiger partial charge in [-0.3, -0.25) is 0 Å². The summed E-state index contributed by atoms with van der Waals surface area (Å²) in [4.78, 5) is 15.8. The van der Waals surface area contributed by atoms with Crippen LogP contribution in [-0.2, 0) is 11.2 Å². The second kappa shape index (κ2) is 8.57. The molecule has 0 atom stereocenters. The number of aromatic nitrogens is 2. The molecule has 5 nitrogen and oxygen atoms in total. The average molecular weight is 399 g/mol. The van der Waals surface area contributed by atoms with Gasteiger partial charge in [-0.1, -0.05) is 35.0 Å². The van der Waals surface area contributed by atoms with Crippen molar-refractivity contribution < 1.29 is 14.1 Å². The van der Waals surface area contributed by atoms with Crippen LogP contribution in [0.1, 0.15) is 38.3 Å². The maximum Gasteiger partial charge on any atom is 0.258 e. The number of Topliss-reactive ketones (excluding diaryl/α,β-unsaturated/α-hetero) is 1. The molecule has 0 aliphatic heterocycles. The first-order chi connectivity index (χ1) is 13.3. The fourth-order valence-electron chi connectivity index (χ4n) is 2.94. The molecule has 0 saturated heterocycles. The van der Waals surface area contributed by atoms with Crippen molar-refractivity contribution in [1.82, 2.24) is 10.1 Å². The van der Waals surface area contributed by atoms with Crippen molar-refractivity contribution in [3.63, 3.8) is 0 Å². The van der Waals surface area contributed by atoms with Gasteiger partial charge in [0, 0.05) is 17.5 Å². The minimum absolute atomic E-state index is 0.0385. The van der Waals surface area contributed by atoms with Crippen LogP contribution in [0.5, 0.6) is 5.75 Å². The molecule has 3 rings (SSSR count). The Morgan fingerprint density at radius 3 is 2.71 bits per heavy atom. The van der Waals surface area contributed by atoms with Gasteiger partial charge < -0.3 is 14.1 Å². The van der Waals surface area contributed by atoms with Crippen LogP contribution in [0.3, 0.4) is 0 Å². The minimum Gasteiger partial charge on any atom is -0.489 e. The third-order valence-electron chi connectivity index (χ3n) is 4.40. The van der Waals surface area contributed by atoms with Gasteiger partial charge in [-0.05, 0) is 63.4 Å². The molecule has 1 aromatic heterocycles. The number of hydrogen-bond donors (Lipinski definition) is 0. The first-order valence-electron chi connectivity index (χ1n) is 9.23. The fourth-order valence-corrected chi connectivity index (χ4v) is 3.17. The molecule has 6 heteroatoms. The summed E-state index contributed by atoms with van der Waals surface area (Å²) in [7, 11) is 0. The molecule has 146 valence electrons. The Morgan fingerprint density at radius 1 is 1.25 bits per heavy atom. The minimum atomic E-state index is 0.0385. The monoisotopic (exact) mass is 398 g/mol. The van der Waals surface area contributed by atoms with Crippen LogP contribution in [0.2, 0.25) is 5.02 Å². The molecule has 0 fully saturated rings. The summed E-state index contributed by atoms with van der Waals surface area (Å²) in [6.07, 6.45) is 1.26. The molecule has 0 unspecified atom stereocenters. The molecule has 0 bridgehead atoms. The smallest absolute Gasteiger partial charge is 0.258 e. The highest BCUT2D eigenvalue weighted by molar-refractivity contribution is 6.32. The number of nitrogens with zero attached hydrogens (tertiary/aromatic N) is 2. The number of carbonyl (C=O) groups is 1. The van der Waals surface area contributed by atoms with Gasteiger partial charge in [0.05, 0.1) is 11.1 Å². The fraction of sp³-hybridized carbons (Fsp3) is 0.318. The Hall–Kier alpha value is -2.66. The van der Waals surface area contributed by atoms with Crippen LogP contribution in [-0.4, -0.2) is 22.0 Å². The van der Waals surface area contributed by atoms with Gasteiger partial charge in [0.1, 0.15) is 11.5 Å². The standard InChI is InChI=1S/C22H23ClN2O3/c1-13(2)27-20-11-10-17(12-19(20)23)22-24-21(25-28-22)18-7-5-6-16(15(18)4)9-8-14(3)26/h5-7,10-13H,8-9H2,1-4H3. The third kappa shape index (κ3) is 4.60. The van der Waals surface area contributed by atoms with E-state index in [1.807, 2.05) is 45.0 Å². The lowest BCUT2D eigenvalue weighted by Gasteiger charge is -2.11. The Balaban J connectivity index is 1.87. The van der Waals surface area contributed by atoms with Gasteiger partial charge in [0.25, 0.3) is 5.89 Å². The Labute approximate surface area is 169 Å². The molecular weight excluding hydrogens is 376 g/mol. The predicted molar refractivity (Wildman–Crippen MR) is 110 cm³/mol. The van der Waals surface area contributed by atoms with Crippen LogP contribution in [0, 0.1) is 6.92 Å². The highest BCUT2D eigenvalue weighted by atomic mass is 35.5. The second-order valence-corrected chi connectivity index (χ2v) is 7.43. The van der Waals surface area contributed by atoms with E-state index in [2.05, 4.69) is 10.1 Å². The van der Waals surface area contributed by atoms with E-state index >= 15 is 0 Å². The van der Waals surface area contributed by atoms with Crippen molar-refractivity contribution >= 4 is 17.4 Å². The maximum atomic E-state index is 11.3. The van der Waals surface area contributed by atoms with Crippen molar-refractivity contribution in [2.24, 2.45) is 0 Å². The van der Waals surface area contributed by atoms with Gasteiger partial charge in [0.15, 0.2) is 0 Å². The van der Waals surface area contributed by atoms with Gasteiger partial charge in [-0.2, -0.15) is 4.98 Å². The zero-order chi connectivity index (χ0) is 20.3. The molecule has 2 aromatic carbocycles. The van der Waals surface area contributed by atoms with E-state index in [0.29, 0.717) is 35.3 Å². The van der Waals surface area contributed by atoms with Crippen molar-refractivity contribution in [2.45, 2.75) is 46.6 Å². The molecule has 3 aromatic rings. The summed E-state index contributed by atoms with van der Waals surface area (Å²) < 4.78 is 11.1. The molecule has 1 heterocycles. The van der Waals surface area contributed by atoms with Crippen LogP contribution < -0.4 is 4.74 Å². The average Bonchev–Trinajstić information content (AvgIpc) is 3.12. The largest absolute Gasteiger partial charge is 0.489 e. The highest BCUT2D eigenvalue weighted by Gasteiger charge is 2.16. The van der Waals surface area contributed by atoms with E-state index in [1.165, 1.54) is 0 Å². The lowest BCUT2D eigenvalue weighted by Crippen LogP contribution is -2.05. The molecule has 28 heavy (non-hydrogen) atoms. The van der Waals surface area contributed by atoms with Crippen LogP contribution in [0.4, 0.5) is 0 Å². The Kier molecular flexibility index (Phi) is 6.15. The third-order valence-corrected chi connectivity index (χ3v) is 4.70. The summed E-state index contributed by atoms with van der Waals surface area (Å²) >= 11 is 6.31. The lowest BCUT2D eigenvalue weighted by molar-refractivity contribution is -0.116. The van der Waals surface area contributed by atoms with Crippen molar-refractivity contribution in [2.75, 3.05) is 0 Å². The number of halogens is 1. The first-order valence-corrected chi connectivity index (χ1v) is 9.61. The number of rotatable bonds is 7. The van der Waals surface area contributed by atoms with E-state index in [9.17, 15) is 4.79 Å². The highest BCUT2D eigenvalue weighted by Crippen LogP contribution is 2.32. The number of ketones is 1. The summed E-state index contributed by atoms with van der Waals surface area (Å²) in [6, 6.07) is 11.3. The van der Waals surface area contributed by atoms with E-state index in [0.717, 1.165) is 22.3 Å². The van der Waals surface area contributed by atoms with E-state index in [1.54, 1.807) is 19.1 Å². The van der Waals surface area contributed by atoms with Gasteiger partial charge in [-0.15, -0.1) is 0 Å². The lowest BCUT2D eigenvalue weighted by atomic mass is 9.98. The molecule has 0 spiro atoms. The van der Waals surface area contributed by atoms with Gasteiger partial charge >= 0.3 is 0 Å². The number of benzene rings is 2. The van der Waals surface area contributed by atoms with Gasteiger partial charge in [-0.25, -0.2) is 0 Å². The molecule has 0 saturated carbocycles. The number of hydrogen-bond acceptors (Lipinski definition) is 5. The van der Waals surface area contributed by atoms with E-state index < -0.39 is 0 Å². The summed E-state index contributed by atoms with van der Waals surface area (Å²) in [5.74, 6) is 1.69. The quantitative estimate of drug-likeness (QED) is 0.512. The SMILES string of the molecule is CC(=O)CCc1cccc(-c2noc(-c3ccc(OC(C)C)c(Cl)c3)n2)c1C. The summed E-state index contributed by atoms with van der Waals surface area (Å²) in [5, 5.41) is 4.63. The normalized spacial score (nSPS) is 11.1. The Bertz CT molecular complexity index is 995. The zero-order valence-corrected chi connectivity index (χ0v) is 17.2. The molecule has 0 aliphatic carbocycles. The van der Waals surface area contributed by atoms with Crippen LogP contribution in [0.25, 0.3) is 22.8 Å². The van der Waals surface area contributed by atoms with Crippen LogP contribution in [0.15, 0.2) is 40.9 Å².